The summed E-state index contributed by atoms with van der Waals surface area (Å²) in [5.74, 6) is 1.06. The lowest BCUT2D eigenvalue weighted by Crippen LogP contribution is -2.26. The lowest BCUT2D eigenvalue weighted by atomic mass is 10.1. The quantitative estimate of drug-likeness (QED) is 0.468. The number of aryl methyl sites for hydroxylation is 1. The van der Waals surface area contributed by atoms with Crippen LogP contribution in [0.3, 0.4) is 0 Å². The summed E-state index contributed by atoms with van der Waals surface area (Å²) in [4.78, 5) is 26.9. The molecule has 1 aliphatic heterocycles. The van der Waals surface area contributed by atoms with E-state index in [0.717, 1.165) is 33.1 Å². The molecule has 0 aromatic heterocycles. The van der Waals surface area contributed by atoms with Crippen molar-refractivity contribution in [1.82, 2.24) is 5.32 Å². The number of rotatable bonds is 7. The Morgan fingerprint density at radius 3 is 2.68 bits per heavy atom. The molecule has 3 aromatic rings. The standard InChI is InChI=1S/C27H26N2O4S/c1-17-5-4-6-18(13-17)14-25-27(31)29-22-15-20(8-10-24(22)34-25)26(30)28-12-11-19-7-9-21(32-2)16-23(19)33-3/h4-10,13-16H,11-12H2,1-3H3,(H,28,30)(H,29,31). The number of hydrogen-bond acceptors (Lipinski definition) is 5. The molecule has 3 aromatic carbocycles. The zero-order chi connectivity index (χ0) is 24.1. The second-order valence-corrected chi connectivity index (χ2v) is 8.96. The van der Waals surface area contributed by atoms with Crippen LogP contribution in [0.15, 0.2) is 70.5 Å². The number of carbonyl (C=O) groups is 2. The number of ether oxygens (including phenoxy) is 2. The fourth-order valence-corrected chi connectivity index (χ4v) is 4.62. The maximum Gasteiger partial charge on any atom is 0.262 e. The van der Waals surface area contributed by atoms with Crippen LogP contribution >= 0.6 is 11.8 Å². The lowest BCUT2D eigenvalue weighted by Gasteiger charge is -2.19. The van der Waals surface area contributed by atoms with Crippen LogP contribution in [0.2, 0.25) is 0 Å². The summed E-state index contributed by atoms with van der Waals surface area (Å²) in [7, 11) is 3.22. The Morgan fingerprint density at radius 1 is 1.06 bits per heavy atom. The fourth-order valence-electron chi connectivity index (χ4n) is 3.68. The molecule has 174 valence electrons. The van der Waals surface area contributed by atoms with Crippen molar-refractivity contribution in [3.63, 3.8) is 0 Å². The minimum Gasteiger partial charge on any atom is -0.497 e. The summed E-state index contributed by atoms with van der Waals surface area (Å²) in [6.45, 7) is 2.47. The summed E-state index contributed by atoms with van der Waals surface area (Å²) >= 11 is 1.40. The highest BCUT2D eigenvalue weighted by atomic mass is 32.2. The SMILES string of the molecule is COc1ccc(CCNC(=O)c2ccc3c(c2)NC(=O)C(=Cc2cccc(C)c2)S3)c(OC)c1. The average Bonchev–Trinajstić information content (AvgIpc) is 2.84. The average molecular weight is 475 g/mol. The number of anilines is 1. The molecule has 1 heterocycles. The molecule has 0 atom stereocenters. The van der Waals surface area contributed by atoms with Crippen molar-refractivity contribution in [2.75, 3.05) is 26.1 Å². The Labute approximate surface area is 203 Å². The maximum atomic E-state index is 12.7. The molecule has 0 aliphatic carbocycles. The molecular formula is C27H26N2O4S. The Balaban J connectivity index is 1.41. The third-order valence-corrected chi connectivity index (χ3v) is 6.55. The van der Waals surface area contributed by atoms with Gasteiger partial charge < -0.3 is 20.1 Å². The van der Waals surface area contributed by atoms with Gasteiger partial charge in [0.15, 0.2) is 0 Å². The predicted molar refractivity (Wildman–Crippen MR) is 136 cm³/mol. The highest BCUT2D eigenvalue weighted by molar-refractivity contribution is 8.04. The number of hydrogen-bond donors (Lipinski definition) is 2. The molecule has 0 radical (unpaired) electrons. The third-order valence-electron chi connectivity index (χ3n) is 5.45. The van der Waals surface area contributed by atoms with Crippen LogP contribution in [0, 0.1) is 6.92 Å². The van der Waals surface area contributed by atoms with Gasteiger partial charge in [-0.1, -0.05) is 47.7 Å². The Kier molecular flexibility index (Phi) is 7.23. The van der Waals surface area contributed by atoms with Crippen molar-refractivity contribution >= 4 is 35.3 Å². The summed E-state index contributed by atoms with van der Waals surface area (Å²) in [5.41, 5.74) is 4.22. The summed E-state index contributed by atoms with van der Waals surface area (Å²) < 4.78 is 10.6. The van der Waals surface area contributed by atoms with Gasteiger partial charge in [-0.15, -0.1) is 0 Å². The molecule has 0 fully saturated rings. The van der Waals surface area contributed by atoms with E-state index in [9.17, 15) is 9.59 Å². The number of benzene rings is 3. The van der Waals surface area contributed by atoms with Crippen LogP contribution in [0.5, 0.6) is 11.5 Å². The maximum absolute atomic E-state index is 12.7. The van der Waals surface area contributed by atoms with E-state index >= 15 is 0 Å². The molecule has 34 heavy (non-hydrogen) atoms. The predicted octanol–water partition coefficient (Wildman–Crippen LogP) is 5.07. The van der Waals surface area contributed by atoms with E-state index in [-0.39, 0.29) is 11.8 Å². The van der Waals surface area contributed by atoms with Crippen LogP contribution in [0.4, 0.5) is 5.69 Å². The normalized spacial score (nSPS) is 13.7. The van der Waals surface area contributed by atoms with Gasteiger partial charge in [0.05, 0.1) is 24.8 Å². The first-order valence-corrected chi connectivity index (χ1v) is 11.7. The Bertz CT molecular complexity index is 1270. The first-order valence-electron chi connectivity index (χ1n) is 10.9. The van der Waals surface area contributed by atoms with Gasteiger partial charge in [0.25, 0.3) is 11.8 Å². The molecule has 7 heteroatoms. The highest BCUT2D eigenvalue weighted by Crippen LogP contribution is 2.39. The largest absolute Gasteiger partial charge is 0.497 e. The van der Waals surface area contributed by atoms with Crippen LogP contribution in [-0.4, -0.2) is 32.6 Å². The molecule has 4 rings (SSSR count). The Morgan fingerprint density at radius 2 is 1.91 bits per heavy atom. The van der Waals surface area contributed by atoms with Crippen molar-refractivity contribution in [1.29, 1.82) is 0 Å². The molecule has 0 bridgehead atoms. The highest BCUT2D eigenvalue weighted by Gasteiger charge is 2.22. The topological polar surface area (TPSA) is 76.7 Å². The molecule has 1 aliphatic rings. The lowest BCUT2D eigenvalue weighted by molar-refractivity contribution is -0.112. The molecular weight excluding hydrogens is 448 g/mol. The van der Waals surface area contributed by atoms with Gasteiger partial charge >= 0.3 is 0 Å². The van der Waals surface area contributed by atoms with Crippen molar-refractivity contribution in [2.24, 2.45) is 0 Å². The van der Waals surface area contributed by atoms with Gasteiger partial charge in [-0.2, -0.15) is 0 Å². The van der Waals surface area contributed by atoms with Crippen molar-refractivity contribution in [3.8, 4) is 11.5 Å². The fraction of sp³-hybridized carbons (Fsp3) is 0.185. The minimum absolute atomic E-state index is 0.178. The number of methoxy groups -OCH3 is 2. The summed E-state index contributed by atoms with van der Waals surface area (Å²) in [6, 6.07) is 19.0. The number of nitrogens with one attached hydrogen (secondary N) is 2. The summed E-state index contributed by atoms with van der Waals surface area (Å²) in [5, 5.41) is 5.85. The Hall–Kier alpha value is -3.71. The number of fused-ring (bicyclic) bond motifs is 1. The van der Waals surface area contributed by atoms with Gasteiger partial charge in [0, 0.05) is 23.1 Å². The smallest absolute Gasteiger partial charge is 0.262 e. The van der Waals surface area contributed by atoms with Gasteiger partial charge in [-0.05, 0) is 54.8 Å². The van der Waals surface area contributed by atoms with Crippen LogP contribution < -0.4 is 20.1 Å². The monoisotopic (exact) mass is 474 g/mol. The van der Waals surface area contributed by atoms with Crippen molar-refractivity contribution in [2.45, 2.75) is 18.2 Å². The van der Waals surface area contributed by atoms with Gasteiger partial charge in [-0.25, -0.2) is 0 Å². The molecule has 0 spiro atoms. The molecule has 0 unspecified atom stereocenters. The molecule has 2 amide bonds. The molecule has 0 saturated carbocycles. The van der Waals surface area contributed by atoms with E-state index in [1.54, 1.807) is 26.4 Å². The molecule has 2 N–H and O–H groups in total. The van der Waals surface area contributed by atoms with Gasteiger partial charge in [0.2, 0.25) is 0 Å². The number of carbonyl (C=O) groups excluding carboxylic acids is 2. The number of amides is 2. The molecule has 6 nitrogen and oxygen atoms in total. The minimum atomic E-state index is -0.198. The van der Waals surface area contributed by atoms with E-state index in [2.05, 4.69) is 10.6 Å². The second kappa shape index (κ2) is 10.5. The van der Waals surface area contributed by atoms with Gasteiger partial charge in [-0.3, -0.25) is 9.59 Å². The summed E-state index contributed by atoms with van der Waals surface area (Å²) in [6.07, 6.45) is 2.49. The molecule has 0 saturated heterocycles. The van der Waals surface area contributed by atoms with E-state index in [0.29, 0.717) is 29.1 Å². The van der Waals surface area contributed by atoms with Crippen molar-refractivity contribution < 1.29 is 19.1 Å². The zero-order valence-corrected chi connectivity index (χ0v) is 20.1. The van der Waals surface area contributed by atoms with Gasteiger partial charge in [0.1, 0.15) is 11.5 Å². The first kappa shape index (κ1) is 23.4. The van der Waals surface area contributed by atoms with E-state index in [1.807, 2.05) is 61.5 Å². The van der Waals surface area contributed by atoms with Crippen LogP contribution in [0.25, 0.3) is 6.08 Å². The second-order valence-electron chi connectivity index (χ2n) is 7.87. The van der Waals surface area contributed by atoms with E-state index < -0.39 is 0 Å². The van der Waals surface area contributed by atoms with E-state index in [1.165, 1.54) is 11.8 Å². The first-order chi connectivity index (χ1) is 16.5. The zero-order valence-electron chi connectivity index (χ0n) is 19.3. The van der Waals surface area contributed by atoms with E-state index in [4.69, 9.17) is 9.47 Å². The number of thioether (sulfide) groups is 1. The van der Waals surface area contributed by atoms with Crippen LogP contribution in [0.1, 0.15) is 27.0 Å². The van der Waals surface area contributed by atoms with Crippen LogP contribution in [-0.2, 0) is 11.2 Å². The van der Waals surface area contributed by atoms with Crippen molar-refractivity contribution in [3.05, 3.63) is 87.8 Å². The third kappa shape index (κ3) is 5.43.